The first kappa shape index (κ1) is 9.43. The molecule has 1 aromatic carbocycles. The monoisotopic (exact) mass is 202 g/mol. The molecule has 64 valence electrons. The number of halogens is 2. The molecule has 12 heavy (non-hydrogen) atoms. The highest BCUT2D eigenvalue weighted by Crippen LogP contribution is 2.27. The van der Waals surface area contributed by atoms with E-state index in [0.29, 0.717) is 15.8 Å². The van der Waals surface area contributed by atoms with Crippen LogP contribution in [-0.2, 0) is 0 Å². The zero-order chi connectivity index (χ0) is 8.97. The maximum absolute atomic E-state index is 5.82. The summed E-state index contributed by atoms with van der Waals surface area (Å²) in [7, 11) is 0. The summed E-state index contributed by atoms with van der Waals surface area (Å²) in [6.07, 6.45) is 3.35. The molecular formula is C9H8Cl2O. The predicted octanol–water partition coefficient (Wildman–Crippen LogP) is 3.91. The van der Waals surface area contributed by atoms with Crippen molar-refractivity contribution in [3.05, 3.63) is 40.6 Å². The third-order valence-electron chi connectivity index (χ3n) is 1.23. The van der Waals surface area contributed by atoms with Crippen LogP contribution in [0, 0.1) is 0 Å². The van der Waals surface area contributed by atoms with Gasteiger partial charge in [-0.3, -0.25) is 0 Å². The van der Waals surface area contributed by atoms with Gasteiger partial charge in [-0.15, -0.1) is 0 Å². The van der Waals surface area contributed by atoms with E-state index < -0.39 is 0 Å². The van der Waals surface area contributed by atoms with Crippen LogP contribution in [0.4, 0.5) is 0 Å². The molecule has 0 heterocycles. The Hall–Kier alpha value is -0.660. The van der Waals surface area contributed by atoms with E-state index in [4.69, 9.17) is 27.9 Å². The van der Waals surface area contributed by atoms with Crippen molar-refractivity contribution in [3.8, 4) is 5.75 Å². The fraction of sp³-hybridized carbons (Fsp3) is 0.111. The summed E-state index contributed by atoms with van der Waals surface area (Å²) < 4.78 is 5.17. The Morgan fingerprint density at radius 2 is 2.08 bits per heavy atom. The Labute approximate surface area is 81.6 Å². The van der Waals surface area contributed by atoms with Crippen LogP contribution < -0.4 is 4.74 Å². The number of rotatable bonds is 2. The largest absolute Gasteiger partial charge is 0.464 e. The van der Waals surface area contributed by atoms with Crippen LogP contribution in [0.5, 0.6) is 5.75 Å². The Kier molecular flexibility index (Phi) is 3.45. The first-order valence-electron chi connectivity index (χ1n) is 3.47. The van der Waals surface area contributed by atoms with Gasteiger partial charge in [0.1, 0.15) is 5.75 Å². The fourth-order valence-corrected chi connectivity index (χ4v) is 1.17. The number of ether oxygens (including phenoxy) is 1. The summed E-state index contributed by atoms with van der Waals surface area (Å²) in [6.45, 7) is 1.86. The van der Waals surface area contributed by atoms with E-state index in [0.717, 1.165) is 0 Å². The Balaban J connectivity index is 2.86. The summed E-state index contributed by atoms with van der Waals surface area (Å²) >= 11 is 11.5. The maximum Gasteiger partial charge on any atom is 0.145 e. The Morgan fingerprint density at radius 3 is 2.67 bits per heavy atom. The summed E-state index contributed by atoms with van der Waals surface area (Å²) in [6, 6.07) is 5.10. The zero-order valence-corrected chi connectivity index (χ0v) is 8.06. The topological polar surface area (TPSA) is 9.23 Å². The van der Waals surface area contributed by atoms with E-state index in [-0.39, 0.29) is 0 Å². The second kappa shape index (κ2) is 4.39. The minimum absolute atomic E-state index is 0.514. The SMILES string of the molecule is CC=COc1ccc(Cl)cc1Cl. The lowest BCUT2D eigenvalue weighted by Crippen LogP contribution is -1.81. The predicted molar refractivity (Wildman–Crippen MR) is 51.9 cm³/mol. The first-order valence-corrected chi connectivity index (χ1v) is 4.22. The quantitative estimate of drug-likeness (QED) is 0.662. The smallest absolute Gasteiger partial charge is 0.145 e. The summed E-state index contributed by atoms with van der Waals surface area (Å²) in [5.74, 6) is 0.610. The molecule has 0 bridgehead atoms. The molecule has 0 saturated heterocycles. The lowest BCUT2D eigenvalue weighted by Gasteiger charge is -2.01. The van der Waals surface area contributed by atoms with Crippen LogP contribution in [0.25, 0.3) is 0 Å². The molecule has 0 aliphatic heterocycles. The molecule has 0 aromatic heterocycles. The molecule has 0 fully saturated rings. The van der Waals surface area contributed by atoms with Crippen molar-refractivity contribution >= 4 is 23.2 Å². The molecule has 0 spiro atoms. The molecule has 0 amide bonds. The summed E-state index contributed by atoms with van der Waals surface area (Å²) in [4.78, 5) is 0. The van der Waals surface area contributed by atoms with Crippen molar-refractivity contribution in [1.82, 2.24) is 0 Å². The molecule has 0 N–H and O–H groups in total. The van der Waals surface area contributed by atoms with Crippen molar-refractivity contribution in [2.24, 2.45) is 0 Å². The standard InChI is InChI=1S/C9H8Cl2O/c1-2-5-12-9-4-3-7(10)6-8(9)11/h2-6H,1H3. The molecule has 1 nitrogen and oxygen atoms in total. The average Bonchev–Trinajstić information content (AvgIpc) is 2.03. The van der Waals surface area contributed by atoms with E-state index in [9.17, 15) is 0 Å². The van der Waals surface area contributed by atoms with Crippen LogP contribution in [0.1, 0.15) is 6.92 Å². The van der Waals surface area contributed by atoms with Gasteiger partial charge < -0.3 is 4.74 Å². The molecule has 0 radical (unpaired) electrons. The second-order valence-corrected chi connectivity index (χ2v) is 3.01. The van der Waals surface area contributed by atoms with E-state index in [1.54, 1.807) is 30.5 Å². The van der Waals surface area contributed by atoms with Crippen molar-refractivity contribution in [2.45, 2.75) is 6.92 Å². The highest BCUT2D eigenvalue weighted by atomic mass is 35.5. The lowest BCUT2D eigenvalue weighted by atomic mass is 10.3. The van der Waals surface area contributed by atoms with E-state index in [2.05, 4.69) is 0 Å². The van der Waals surface area contributed by atoms with Gasteiger partial charge in [-0.1, -0.05) is 29.3 Å². The van der Waals surface area contributed by atoms with Gasteiger partial charge in [-0.05, 0) is 25.1 Å². The minimum Gasteiger partial charge on any atom is -0.464 e. The average molecular weight is 203 g/mol. The normalized spacial score (nSPS) is 10.6. The van der Waals surface area contributed by atoms with Gasteiger partial charge in [0.15, 0.2) is 0 Å². The molecule has 0 aliphatic carbocycles. The van der Waals surface area contributed by atoms with Gasteiger partial charge in [-0.25, -0.2) is 0 Å². The van der Waals surface area contributed by atoms with Gasteiger partial charge in [0, 0.05) is 5.02 Å². The second-order valence-electron chi connectivity index (χ2n) is 2.16. The van der Waals surface area contributed by atoms with E-state index in [1.165, 1.54) is 0 Å². The number of hydrogen-bond acceptors (Lipinski definition) is 1. The molecular weight excluding hydrogens is 195 g/mol. The van der Waals surface area contributed by atoms with Gasteiger partial charge in [0.05, 0.1) is 11.3 Å². The van der Waals surface area contributed by atoms with Gasteiger partial charge >= 0.3 is 0 Å². The molecule has 0 saturated carbocycles. The van der Waals surface area contributed by atoms with Crippen molar-refractivity contribution < 1.29 is 4.74 Å². The lowest BCUT2D eigenvalue weighted by molar-refractivity contribution is 0.480. The summed E-state index contributed by atoms with van der Waals surface area (Å²) in [5.41, 5.74) is 0. The number of hydrogen-bond donors (Lipinski definition) is 0. The molecule has 1 aromatic rings. The van der Waals surface area contributed by atoms with E-state index >= 15 is 0 Å². The van der Waals surface area contributed by atoms with Crippen LogP contribution in [0.15, 0.2) is 30.5 Å². The fourth-order valence-electron chi connectivity index (χ4n) is 0.712. The molecule has 0 aliphatic rings. The van der Waals surface area contributed by atoms with Crippen LogP contribution in [0.2, 0.25) is 10.0 Å². The highest BCUT2D eigenvalue weighted by Gasteiger charge is 1.99. The first-order chi connectivity index (χ1) is 5.74. The number of allylic oxidation sites excluding steroid dienone is 1. The highest BCUT2D eigenvalue weighted by molar-refractivity contribution is 6.35. The minimum atomic E-state index is 0.514. The number of benzene rings is 1. The molecule has 0 unspecified atom stereocenters. The zero-order valence-electron chi connectivity index (χ0n) is 6.55. The van der Waals surface area contributed by atoms with Crippen LogP contribution in [-0.4, -0.2) is 0 Å². The maximum atomic E-state index is 5.82. The van der Waals surface area contributed by atoms with Gasteiger partial charge in [0.2, 0.25) is 0 Å². The third-order valence-corrected chi connectivity index (χ3v) is 1.76. The van der Waals surface area contributed by atoms with Crippen molar-refractivity contribution in [1.29, 1.82) is 0 Å². The molecule has 1 rings (SSSR count). The third kappa shape index (κ3) is 2.43. The van der Waals surface area contributed by atoms with Gasteiger partial charge in [0.25, 0.3) is 0 Å². The Morgan fingerprint density at radius 1 is 1.33 bits per heavy atom. The van der Waals surface area contributed by atoms with Crippen molar-refractivity contribution in [3.63, 3.8) is 0 Å². The molecule has 3 heteroatoms. The Bertz CT molecular complexity index is 295. The van der Waals surface area contributed by atoms with Crippen molar-refractivity contribution in [2.75, 3.05) is 0 Å². The van der Waals surface area contributed by atoms with Crippen LogP contribution >= 0.6 is 23.2 Å². The van der Waals surface area contributed by atoms with Gasteiger partial charge in [-0.2, -0.15) is 0 Å². The van der Waals surface area contributed by atoms with E-state index in [1.807, 2.05) is 6.92 Å². The summed E-state index contributed by atoms with van der Waals surface area (Å²) in [5, 5.41) is 1.12. The van der Waals surface area contributed by atoms with Crippen LogP contribution in [0.3, 0.4) is 0 Å². The molecule has 0 atom stereocenters.